The molecule has 1 aromatic rings. The molecular formula is C12H12F3NO3. The average molecular weight is 275 g/mol. The predicted molar refractivity (Wildman–Crippen MR) is 60.3 cm³/mol. The first-order chi connectivity index (χ1) is 8.90. The largest absolute Gasteiger partial charge is 0.481 e. The maximum atomic E-state index is 12.5. The standard InChI is InChI=1S/C12H12F3NO3/c1-16-11(17)18-8-3-4-9-7(6-8)2-5-10(19-9)12(13,14)15/h3-4,6,10H,2,5H2,1H3,(H,16,17). The van der Waals surface area contributed by atoms with Crippen LogP contribution in [0.5, 0.6) is 11.5 Å². The molecule has 1 N–H and O–H groups in total. The third-order valence-corrected chi connectivity index (χ3v) is 2.76. The smallest absolute Gasteiger partial charge is 0.425 e. The lowest BCUT2D eigenvalue weighted by atomic mass is 10.0. The van der Waals surface area contributed by atoms with Gasteiger partial charge in [-0.05, 0) is 36.6 Å². The summed E-state index contributed by atoms with van der Waals surface area (Å²) in [5, 5.41) is 2.28. The van der Waals surface area contributed by atoms with E-state index in [0.29, 0.717) is 5.56 Å². The fourth-order valence-electron chi connectivity index (χ4n) is 1.82. The second kappa shape index (κ2) is 4.99. The summed E-state index contributed by atoms with van der Waals surface area (Å²) in [5.41, 5.74) is 0.599. The number of fused-ring (bicyclic) bond motifs is 1. The van der Waals surface area contributed by atoms with Gasteiger partial charge in [-0.2, -0.15) is 13.2 Å². The molecule has 7 heteroatoms. The van der Waals surface area contributed by atoms with Crippen LogP contribution in [0.15, 0.2) is 18.2 Å². The third kappa shape index (κ3) is 3.10. The SMILES string of the molecule is CNC(=O)Oc1ccc2c(c1)CCC(C(F)(F)F)O2. The molecule has 2 rings (SSSR count). The van der Waals surface area contributed by atoms with Crippen LogP contribution >= 0.6 is 0 Å². The molecule has 1 unspecified atom stereocenters. The minimum absolute atomic E-state index is 0.139. The van der Waals surface area contributed by atoms with Crippen LogP contribution in [0.2, 0.25) is 0 Å². The van der Waals surface area contributed by atoms with Gasteiger partial charge < -0.3 is 14.8 Å². The Morgan fingerprint density at radius 1 is 1.47 bits per heavy atom. The van der Waals surface area contributed by atoms with Crippen molar-refractivity contribution in [2.45, 2.75) is 25.1 Å². The zero-order chi connectivity index (χ0) is 14.0. The second-order valence-corrected chi connectivity index (χ2v) is 4.10. The maximum Gasteiger partial charge on any atom is 0.425 e. The first-order valence-corrected chi connectivity index (χ1v) is 5.66. The van der Waals surface area contributed by atoms with Gasteiger partial charge in [-0.1, -0.05) is 0 Å². The highest BCUT2D eigenvalue weighted by Gasteiger charge is 2.43. The molecule has 0 radical (unpaired) electrons. The van der Waals surface area contributed by atoms with Crippen molar-refractivity contribution in [1.82, 2.24) is 5.32 Å². The molecule has 1 heterocycles. The van der Waals surface area contributed by atoms with Crippen molar-refractivity contribution >= 4 is 6.09 Å². The van der Waals surface area contributed by atoms with Crippen molar-refractivity contribution in [3.8, 4) is 11.5 Å². The lowest BCUT2D eigenvalue weighted by Crippen LogP contribution is -2.37. The van der Waals surface area contributed by atoms with Gasteiger partial charge in [-0.3, -0.25) is 0 Å². The highest BCUT2D eigenvalue weighted by atomic mass is 19.4. The van der Waals surface area contributed by atoms with E-state index in [1.54, 1.807) is 0 Å². The van der Waals surface area contributed by atoms with E-state index < -0.39 is 18.4 Å². The average Bonchev–Trinajstić information content (AvgIpc) is 2.36. The van der Waals surface area contributed by atoms with Crippen molar-refractivity contribution in [2.75, 3.05) is 7.05 Å². The number of hydrogen-bond acceptors (Lipinski definition) is 3. The number of halogens is 3. The van der Waals surface area contributed by atoms with Gasteiger partial charge in [0.1, 0.15) is 11.5 Å². The van der Waals surface area contributed by atoms with E-state index in [0.717, 1.165) is 0 Å². The molecule has 0 spiro atoms. The van der Waals surface area contributed by atoms with Gasteiger partial charge in [0.2, 0.25) is 0 Å². The van der Waals surface area contributed by atoms with E-state index in [2.05, 4.69) is 5.32 Å². The highest BCUT2D eigenvalue weighted by molar-refractivity contribution is 5.70. The van der Waals surface area contributed by atoms with E-state index in [1.165, 1.54) is 25.2 Å². The Balaban J connectivity index is 2.14. The first-order valence-electron chi connectivity index (χ1n) is 5.66. The van der Waals surface area contributed by atoms with Gasteiger partial charge in [0.05, 0.1) is 0 Å². The summed E-state index contributed by atoms with van der Waals surface area (Å²) < 4.78 is 47.4. The highest BCUT2D eigenvalue weighted by Crippen LogP contribution is 2.36. The summed E-state index contributed by atoms with van der Waals surface area (Å²) in [6.45, 7) is 0. The number of carbonyl (C=O) groups excluding carboxylic acids is 1. The molecule has 0 fully saturated rings. The van der Waals surface area contributed by atoms with E-state index in [-0.39, 0.29) is 24.3 Å². The Morgan fingerprint density at radius 2 is 2.21 bits per heavy atom. The number of aryl methyl sites for hydroxylation is 1. The molecule has 0 saturated heterocycles. The quantitative estimate of drug-likeness (QED) is 0.857. The molecule has 0 aliphatic carbocycles. The third-order valence-electron chi connectivity index (χ3n) is 2.76. The fraction of sp³-hybridized carbons (Fsp3) is 0.417. The molecule has 1 aromatic carbocycles. The van der Waals surface area contributed by atoms with E-state index in [4.69, 9.17) is 9.47 Å². The Labute approximate surface area is 107 Å². The zero-order valence-electron chi connectivity index (χ0n) is 10.1. The molecule has 104 valence electrons. The van der Waals surface area contributed by atoms with Crippen LogP contribution in [0.25, 0.3) is 0 Å². The van der Waals surface area contributed by atoms with Gasteiger partial charge in [0.15, 0.2) is 6.10 Å². The van der Waals surface area contributed by atoms with Crippen LogP contribution in [0.1, 0.15) is 12.0 Å². The number of rotatable bonds is 1. The summed E-state index contributed by atoms with van der Waals surface area (Å²) in [5.74, 6) is 0.449. The Kier molecular flexibility index (Phi) is 3.55. The number of carbonyl (C=O) groups is 1. The van der Waals surface area contributed by atoms with E-state index in [1.807, 2.05) is 0 Å². The molecule has 0 saturated carbocycles. The summed E-state index contributed by atoms with van der Waals surface area (Å²) in [7, 11) is 1.41. The molecule has 4 nitrogen and oxygen atoms in total. The first kappa shape index (κ1) is 13.5. The fourth-order valence-corrected chi connectivity index (χ4v) is 1.82. The molecule has 1 amide bonds. The van der Waals surface area contributed by atoms with Crippen LogP contribution in [-0.2, 0) is 6.42 Å². The van der Waals surface area contributed by atoms with Gasteiger partial charge in [-0.25, -0.2) is 4.79 Å². The normalized spacial score (nSPS) is 18.2. The van der Waals surface area contributed by atoms with Gasteiger partial charge in [0.25, 0.3) is 0 Å². The molecular weight excluding hydrogens is 263 g/mol. The van der Waals surface area contributed by atoms with Gasteiger partial charge in [-0.15, -0.1) is 0 Å². The summed E-state index contributed by atoms with van der Waals surface area (Å²) in [6, 6.07) is 4.29. The molecule has 0 bridgehead atoms. The van der Waals surface area contributed by atoms with Gasteiger partial charge in [0, 0.05) is 7.05 Å². The van der Waals surface area contributed by atoms with Crippen LogP contribution in [0.4, 0.5) is 18.0 Å². The minimum Gasteiger partial charge on any atom is -0.481 e. The number of nitrogens with one attached hydrogen (secondary N) is 1. The predicted octanol–water partition coefficient (Wildman–Crippen LogP) is 2.66. The van der Waals surface area contributed by atoms with Crippen LogP contribution < -0.4 is 14.8 Å². The Bertz CT molecular complexity index is 488. The Hall–Kier alpha value is -1.92. The summed E-state index contributed by atoms with van der Waals surface area (Å²) in [4.78, 5) is 11.0. The lowest BCUT2D eigenvalue weighted by molar-refractivity contribution is -0.199. The van der Waals surface area contributed by atoms with Crippen molar-refractivity contribution in [1.29, 1.82) is 0 Å². The van der Waals surface area contributed by atoms with Crippen LogP contribution in [-0.4, -0.2) is 25.4 Å². The summed E-state index contributed by atoms with van der Waals surface area (Å²) in [6.07, 6.45) is -6.69. The van der Waals surface area contributed by atoms with E-state index in [9.17, 15) is 18.0 Å². The number of alkyl halides is 3. The molecule has 1 aliphatic rings. The minimum atomic E-state index is -4.37. The van der Waals surface area contributed by atoms with Crippen LogP contribution in [0, 0.1) is 0 Å². The maximum absolute atomic E-state index is 12.5. The van der Waals surface area contributed by atoms with Crippen molar-refractivity contribution in [2.24, 2.45) is 0 Å². The molecule has 19 heavy (non-hydrogen) atoms. The van der Waals surface area contributed by atoms with Crippen LogP contribution in [0.3, 0.4) is 0 Å². The van der Waals surface area contributed by atoms with E-state index >= 15 is 0 Å². The monoisotopic (exact) mass is 275 g/mol. The number of benzene rings is 1. The number of hydrogen-bond donors (Lipinski definition) is 1. The zero-order valence-corrected chi connectivity index (χ0v) is 10.1. The number of amides is 1. The van der Waals surface area contributed by atoms with Crippen molar-refractivity contribution in [3.63, 3.8) is 0 Å². The van der Waals surface area contributed by atoms with Crippen molar-refractivity contribution in [3.05, 3.63) is 23.8 Å². The second-order valence-electron chi connectivity index (χ2n) is 4.10. The Morgan fingerprint density at radius 3 is 2.84 bits per heavy atom. The van der Waals surface area contributed by atoms with Crippen molar-refractivity contribution < 1.29 is 27.4 Å². The molecule has 0 aromatic heterocycles. The lowest BCUT2D eigenvalue weighted by Gasteiger charge is -2.27. The number of ether oxygens (including phenoxy) is 2. The molecule has 1 atom stereocenters. The summed E-state index contributed by atoms with van der Waals surface area (Å²) >= 11 is 0. The molecule has 1 aliphatic heterocycles. The van der Waals surface area contributed by atoms with Gasteiger partial charge >= 0.3 is 12.3 Å². The topological polar surface area (TPSA) is 47.6 Å².